The van der Waals surface area contributed by atoms with E-state index in [9.17, 15) is 24.3 Å². The van der Waals surface area contributed by atoms with Gasteiger partial charge >= 0.3 is 0 Å². The molecule has 1 aromatic rings. The van der Waals surface area contributed by atoms with Gasteiger partial charge in [-0.2, -0.15) is 5.06 Å². The number of alkyl halides is 3. The fourth-order valence-electron chi connectivity index (χ4n) is 8.45. The normalized spacial score (nSPS) is 40.3. The lowest BCUT2D eigenvalue weighted by atomic mass is 9.45. The molecule has 0 amide bonds. The summed E-state index contributed by atoms with van der Waals surface area (Å²) in [5.41, 5.74) is -3.87. The third kappa shape index (κ3) is 4.46. The van der Waals surface area contributed by atoms with Crippen LogP contribution in [0.4, 0.5) is 13.2 Å². The second-order valence-corrected chi connectivity index (χ2v) is 13.1. The van der Waals surface area contributed by atoms with Crippen LogP contribution in [-0.2, 0) is 16.1 Å². The van der Waals surface area contributed by atoms with E-state index in [1.165, 1.54) is 19.1 Å². The third-order valence-electron chi connectivity index (χ3n) is 10.2. The van der Waals surface area contributed by atoms with Crippen LogP contribution in [0, 0.1) is 34.5 Å². The van der Waals surface area contributed by atoms with Gasteiger partial charge in [-0.1, -0.05) is 36.9 Å². The lowest BCUT2D eigenvalue weighted by molar-refractivity contribution is -0.201. The Morgan fingerprint density at radius 1 is 1.20 bits per heavy atom. The van der Waals surface area contributed by atoms with Gasteiger partial charge in [0.15, 0.2) is 16.6 Å². The number of fused-ring (bicyclic) bond motifs is 5. The van der Waals surface area contributed by atoms with Crippen molar-refractivity contribution in [1.29, 1.82) is 0 Å². The molecule has 10 heteroatoms. The van der Waals surface area contributed by atoms with E-state index in [1.807, 2.05) is 19.1 Å². The summed E-state index contributed by atoms with van der Waals surface area (Å²) in [7, 11) is 1.56. The quantitative estimate of drug-likeness (QED) is 0.428. The number of ketones is 1. The number of benzene rings is 1. The third-order valence-corrected chi connectivity index (χ3v) is 10.9. The molecular formula is C30H36F3NO5S. The molecule has 40 heavy (non-hydrogen) atoms. The first-order valence-corrected chi connectivity index (χ1v) is 14.6. The molecule has 0 aromatic heterocycles. The predicted molar refractivity (Wildman–Crippen MR) is 145 cm³/mol. The van der Waals surface area contributed by atoms with Gasteiger partial charge in [-0.3, -0.25) is 9.59 Å². The van der Waals surface area contributed by atoms with Crippen molar-refractivity contribution in [3.63, 3.8) is 0 Å². The summed E-state index contributed by atoms with van der Waals surface area (Å²) in [6.07, 6.45) is 0.649. The number of carbonyl (C=O) groups excluding carboxylic acids is 2. The van der Waals surface area contributed by atoms with Gasteiger partial charge in [0.2, 0.25) is 0 Å². The molecule has 0 radical (unpaired) electrons. The second kappa shape index (κ2) is 10.6. The lowest BCUT2D eigenvalue weighted by Gasteiger charge is -2.62. The van der Waals surface area contributed by atoms with Crippen LogP contribution in [0.2, 0.25) is 0 Å². The maximum absolute atomic E-state index is 17.4. The zero-order valence-electron chi connectivity index (χ0n) is 22.9. The fraction of sp³-hybridized carbons (Fsp3) is 0.600. The summed E-state index contributed by atoms with van der Waals surface area (Å²) in [5.74, 6) is -2.43. The fourth-order valence-corrected chi connectivity index (χ4v) is 9.20. The molecule has 9 atom stereocenters. The van der Waals surface area contributed by atoms with E-state index in [-0.39, 0.29) is 31.5 Å². The van der Waals surface area contributed by atoms with Gasteiger partial charge in [-0.15, -0.1) is 0 Å². The number of methoxy groups -OCH3 is 1. The smallest absolute Gasteiger partial charge is 0.195 e. The van der Waals surface area contributed by atoms with Gasteiger partial charge in [0, 0.05) is 30.3 Å². The van der Waals surface area contributed by atoms with Crippen LogP contribution in [0.5, 0.6) is 5.75 Å². The van der Waals surface area contributed by atoms with Crippen molar-refractivity contribution in [3.05, 3.63) is 53.6 Å². The van der Waals surface area contributed by atoms with Crippen LogP contribution in [0.3, 0.4) is 0 Å². The first kappa shape index (κ1) is 29.4. The number of halogens is 3. The average molecular weight is 580 g/mol. The standard InChI is InChI=1S/C30H36F3NO5S/c1-28-13-25(36)30(33)22(12-24(32)23-11-19(35)8-9-29(23,30)2)21(28)10-18(26(28)27(37)40-16-31)15-34(38)14-17-4-6-20(39-3)7-5-17/h4-9,11,18,21-22,24-26,36,38H,10,12-16H2,1-3H3/t18-,21-,22-,24-,25-,26+,28-,29-,30-/m0/s1. The molecule has 4 aliphatic rings. The Bertz CT molecular complexity index is 1230. The Kier molecular flexibility index (Phi) is 7.78. The Labute approximate surface area is 236 Å². The number of hydrogen-bond acceptors (Lipinski definition) is 7. The molecule has 1 aromatic carbocycles. The molecule has 0 aliphatic heterocycles. The summed E-state index contributed by atoms with van der Waals surface area (Å²) < 4.78 is 51.7. The number of nitrogens with zero attached hydrogens (tertiary/aromatic N) is 1. The monoisotopic (exact) mass is 579 g/mol. The van der Waals surface area contributed by atoms with Gasteiger partial charge in [-0.05, 0) is 78.9 Å². The lowest BCUT2D eigenvalue weighted by Crippen LogP contribution is -2.68. The molecule has 0 saturated heterocycles. The topological polar surface area (TPSA) is 87.1 Å². The van der Waals surface area contributed by atoms with Crippen LogP contribution in [0.1, 0.15) is 38.7 Å². The van der Waals surface area contributed by atoms with E-state index in [0.29, 0.717) is 23.9 Å². The van der Waals surface area contributed by atoms with Crippen molar-refractivity contribution < 1.29 is 37.8 Å². The van der Waals surface area contributed by atoms with Crippen molar-refractivity contribution in [3.8, 4) is 5.75 Å². The molecule has 3 fully saturated rings. The van der Waals surface area contributed by atoms with Crippen LogP contribution < -0.4 is 4.74 Å². The number of aliphatic hydroxyl groups excluding tert-OH is 1. The number of carbonyl (C=O) groups is 2. The Morgan fingerprint density at radius 3 is 2.55 bits per heavy atom. The van der Waals surface area contributed by atoms with Gasteiger partial charge in [0.25, 0.3) is 0 Å². The SMILES string of the molecule is COc1ccc(CN(O)C[C@@H]2C[C@H]3[C@@H]4C[C@H](F)C5=CC(=O)C=C[C@]5(C)[C@@]4(F)[C@@H](O)C[C@]3(C)[C@H]2C(=O)SCF)cc1. The second-order valence-electron chi connectivity index (χ2n) is 12.2. The van der Waals surface area contributed by atoms with Crippen LogP contribution in [0.25, 0.3) is 0 Å². The van der Waals surface area contributed by atoms with Crippen LogP contribution in [-0.4, -0.2) is 63.9 Å². The first-order valence-electron chi connectivity index (χ1n) is 13.6. The molecule has 0 unspecified atom stereocenters. The van der Waals surface area contributed by atoms with Gasteiger partial charge in [0.1, 0.15) is 17.9 Å². The number of ether oxygens (including phenoxy) is 1. The van der Waals surface area contributed by atoms with E-state index in [1.54, 1.807) is 19.2 Å². The van der Waals surface area contributed by atoms with Gasteiger partial charge in [0.05, 0.1) is 13.2 Å². The van der Waals surface area contributed by atoms with Gasteiger partial charge in [-0.25, -0.2) is 13.2 Å². The van der Waals surface area contributed by atoms with Crippen LogP contribution in [0.15, 0.2) is 48.1 Å². The Hall–Kier alpha value is -2.14. The zero-order valence-corrected chi connectivity index (χ0v) is 23.7. The van der Waals surface area contributed by atoms with Crippen LogP contribution >= 0.6 is 11.8 Å². The molecule has 3 saturated carbocycles. The number of thioether (sulfide) groups is 1. The van der Waals surface area contributed by atoms with Crippen molar-refractivity contribution >= 4 is 22.7 Å². The summed E-state index contributed by atoms with van der Waals surface area (Å²) in [6.45, 7) is 3.58. The number of hydrogen-bond donors (Lipinski definition) is 2. The van der Waals surface area contributed by atoms with E-state index in [2.05, 4.69) is 0 Å². The molecule has 4 aliphatic carbocycles. The zero-order chi connectivity index (χ0) is 29.0. The highest BCUT2D eigenvalue weighted by Crippen LogP contribution is 2.70. The van der Waals surface area contributed by atoms with Gasteiger partial charge < -0.3 is 15.1 Å². The minimum atomic E-state index is -2.26. The molecule has 6 nitrogen and oxygen atoms in total. The van der Waals surface area contributed by atoms with Crippen molar-refractivity contribution in [2.75, 3.05) is 19.7 Å². The maximum Gasteiger partial charge on any atom is 0.195 e. The Morgan fingerprint density at radius 2 is 1.90 bits per heavy atom. The highest BCUT2D eigenvalue weighted by atomic mass is 32.2. The molecule has 5 rings (SSSR count). The molecule has 0 spiro atoms. The van der Waals surface area contributed by atoms with Crippen molar-refractivity contribution in [1.82, 2.24) is 5.06 Å². The predicted octanol–water partition coefficient (Wildman–Crippen LogP) is 5.23. The Balaban J connectivity index is 1.47. The molecular weight excluding hydrogens is 543 g/mol. The van der Waals surface area contributed by atoms with E-state index in [4.69, 9.17) is 4.74 Å². The van der Waals surface area contributed by atoms with E-state index >= 15 is 8.78 Å². The van der Waals surface area contributed by atoms with Crippen molar-refractivity contribution in [2.24, 2.45) is 34.5 Å². The number of hydroxylamine groups is 2. The highest BCUT2D eigenvalue weighted by Gasteiger charge is 2.73. The summed E-state index contributed by atoms with van der Waals surface area (Å²) in [4.78, 5) is 25.4. The number of aliphatic hydroxyl groups is 1. The molecule has 218 valence electrons. The largest absolute Gasteiger partial charge is 0.497 e. The minimum Gasteiger partial charge on any atom is -0.497 e. The number of allylic oxidation sites excluding steroid dienone is 4. The minimum absolute atomic E-state index is 0.0394. The summed E-state index contributed by atoms with van der Waals surface area (Å²) in [5, 5.41) is 23.1. The molecule has 2 N–H and O–H groups in total. The summed E-state index contributed by atoms with van der Waals surface area (Å²) in [6, 6.07) is 6.24. The molecule has 0 heterocycles. The van der Waals surface area contributed by atoms with E-state index in [0.717, 1.165) is 16.7 Å². The van der Waals surface area contributed by atoms with Crippen molar-refractivity contribution in [2.45, 2.75) is 57.6 Å². The van der Waals surface area contributed by atoms with E-state index < -0.39 is 69.4 Å². The molecule has 0 bridgehead atoms. The summed E-state index contributed by atoms with van der Waals surface area (Å²) >= 11 is 0.543. The average Bonchev–Trinajstić information content (AvgIpc) is 3.18. The highest BCUT2D eigenvalue weighted by molar-refractivity contribution is 8.13. The number of rotatable bonds is 7. The maximum atomic E-state index is 17.4. The first-order chi connectivity index (χ1) is 18.9.